The monoisotopic (exact) mass is 270 g/mol. The molecular formula is C16H15FN2O. The van der Waals surface area contributed by atoms with Crippen LogP contribution in [0.5, 0.6) is 0 Å². The topological polar surface area (TPSA) is 41.1 Å². The summed E-state index contributed by atoms with van der Waals surface area (Å²) in [5.41, 5.74) is 2.81. The van der Waals surface area contributed by atoms with Gasteiger partial charge in [0.1, 0.15) is 11.9 Å². The van der Waals surface area contributed by atoms with Gasteiger partial charge in [-0.25, -0.2) is 4.39 Å². The van der Waals surface area contributed by atoms with Crippen molar-refractivity contribution >= 4 is 11.6 Å². The summed E-state index contributed by atoms with van der Waals surface area (Å²) in [5, 5.41) is 6.03. The Kier molecular flexibility index (Phi) is 3.48. The zero-order valence-corrected chi connectivity index (χ0v) is 10.9. The van der Waals surface area contributed by atoms with Crippen molar-refractivity contribution in [2.24, 2.45) is 0 Å². The van der Waals surface area contributed by atoms with Crippen LogP contribution in [0.3, 0.4) is 0 Å². The van der Waals surface area contributed by atoms with Crippen molar-refractivity contribution in [2.45, 2.75) is 12.5 Å². The lowest BCUT2D eigenvalue weighted by molar-refractivity contribution is -0.118. The smallest absolute Gasteiger partial charge is 0.246 e. The van der Waals surface area contributed by atoms with Gasteiger partial charge in [-0.05, 0) is 41.8 Å². The van der Waals surface area contributed by atoms with Crippen molar-refractivity contribution in [3.8, 4) is 0 Å². The van der Waals surface area contributed by atoms with Crippen molar-refractivity contribution in [3.63, 3.8) is 0 Å². The first kappa shape index (κ1) is 12.8. The third kappa shape index (κ3) is 2.56. The van der Waals surface area contributed by atoms with Crippen LogP contribution in [0.2, 0.25) is 0 Å². The molecule has 0 saturated carbocycles. The first-order valence-corrected chi connectivity index (χ1v) is 6.61. The molecule has 2 aromatic rings. The second-order valence-electron chi connectivity index (χ2n) is 4.83. The number of fused-ring (bicyclic) bond motifs is 1. The molecule has 1 atom stereocenters. The summed E-state index contributed by atoms with van der Waals surface area (Å²) in [5.74, 6) is -0.437. The van der Waals surface area contributed by atoms with E-state index in [4.69, 9.17) is 0 Å². The van der Waals surface area contributed by atoms with E-state index >= 15 is 0 Å². The third-order valence-corrected chi connectivity index (χ3v) is 3.48. The second kappa shape index (κ2) is 5.43. The fourth-order valence-electron chi connectivity index (χ4n) is 2.49. The van der Waals surface area contributed by atoms with Crippen LogP contribution >= 0.6 is 0 Å². The van der Waals surface area contributed by atoms with Crippen LogP contribution in [0.4, 0.5) is 10.1 Å². The summed E-state index contributed by atoms with van der Waals surface area (Å²) in [6, 6.07) is 13.4. The van der Waals surface area contributed by atoms with Crippen LogP contribution in [0.25, 0.3) is 0 Å². The summed E-state index contributed by atoms with van der Waals surface area (Å²) in [4.78, 5) is 12.3. The Morgan fingerprint density at radius 1 is 1.15 bits per heavy atom. The molecule has 0 saturated heterocycles. The van der Waals surface area contributed by atoms with Gasteiger partial charge in [-0.3, -0.25) is 4.79 Å². The van der Waals surface area contributed by atoms with E-state index in [9.17, 15) is 9.18 Å². The van der Waals surface area contributed by atoms with Crippen molar-refractivity contribution in [3.05, 3.63) is 65.5 Å². The predicted octanol–water partition coefficient (Wildman–Crippen LogP) is 2.65. The zero-order chi connectivity index (χ0) is 13.9. The Labute approximate surface area is 116 Å². The fourth-order valence-corrected chi connectivity index (χ4v) is 2.49. The Balaban J connectivity index is 1.80. The van der Waals surface area contributed by atoms with E-state index in [-0.39, 0.29) is 17.8 Å². The Hall–Kier alpha value is -2.20. The summed E-state index contributed by atoms with van der Waals surface area (Å²) in [6.45, 7) is 0.776. The number of anilines is 1. The molecule has 2 N–H and O–H groups in total. The third-order valence-electron chi connectivity index (χ3n) is 3.48. The van der Waals surface area contributed by atoms with Gasteiger partial charge in [0.25, 0.3) is 0 Å². The number of carbonyl (C=O) groups is 1. The van der Waals surface area contributed by atoms with Gasteiger partial charge in [0.2, 0.25) is 5.91 Å². The fraction of sp³-hybridized carbons (Fsp3) is 0.188. The van der Waals surface area contributed by atoms with Crippen molar-refractivity contribution < 1.29 is 9.18 Å². The van der Waals surface area contributed by atoms with Gasteiger partial charge in [-0.1, -0.05) is 24.3 Å². The molecule has 4 heteroatoms. The second-order valence-corrected chi connectivity index (χ2v) is 4.83. The molecule has 0 spiro atoms. The van der Waals surface area contributed by atoms with E-state index < -0.39 is 0 Å². The maximum atomic E-state index is 12.9. The number of hydrogen-bond donors (Lipinski definition) is 2. The van der Waals surface area contributed by atoms with Crippen LogP contribution < -0.4 is 10.6 Å². The minimum atomic E-state index is -0.356. The van der Waals surface area contributed by atoms with Gasteiger partial charge in [0.05, 0.1) is 0 Å². The van der Waals surface area contributed by atoms with E-state index in [0.717, 1.165) is 18.5 Å². The van der Waals surface area contributed by atoms with E-state index in [1.807, 2.05) is 24.3 Å². The lowest BCUT2D eigenvalue weighted by atomic mass is 9.94. The molecule has 1 heterocycles. The van der Waals surface area contributed by atoms with E-state index in [1.54, 1.807) is 12.1 Å². The van der Waals surface area contributed by atoms with Gasteiger partial charge < -0.3 is 10.6 Å². The van der Waals surface area contributed by atoms with Gasteiger partial charge in [0, 0.05) is 12.2 Å². The van der Waals surface area contributed by atoms with Gasteiger partial charge in [-0.2, -0.15) is 0 Å². The molecule has 1 aliphatic heterocycles. The highest BCUT2D eigenvalue weighted by Crippen LogP contribution is 2.24. The number of benzene rings is 2. The minimum Gasteiger partial charge on any atom is -0.324 e. The largest absolute Gasteiger partial charge is 0.324 e. The molecule has 3 nitrogen and oxygen atoms in total. The summed E-state index contributed by atoms with van der Waals surface area (Å²) >= 11 is 0. The maximum Gasteiger partial charge on any atom is 0.246 e. The molecule has 0 fully saturated rings. The van der Waals surface area contributed by atoms with Crippen molar-refractivity contribution in [1.29, 1.82) is 0 Å². The summed E-state index contributed by atoms with van der Waals surface area (Å²) < 4.78 is 12.9. The average molecular weight is 270 g/mol. The Morgan fingerprint density at radius 3 is 2.70 bits per heavy atom. The molecule has 2 aromatic carbocycles. The molecule has 0 aliphatic carbocycles. The van der Waals surface area contributed by atoms with Crippen LogP contribution in [0.15, 0.2) is 48.5 Å². The Bertz CT molecular complexity index is 625. The SMILES string of the molecule is O=C(Nc1ccc(F)cc1)C1NCCc2ccccc21. The van der Waals surface area contributed by atoms with Crippen LogP contribution in [0, 0.1) is 5.82 Å². The van der Waals surface area contributed by atoms with E-state index in [1.165, 1.54) is 17.7 Å². The first-order valence-electron chi connectivity index (χ1n) is 6.61. The number of carbonyl (C=O) groups excluding carboxylic acids is 1. The Morgan fingerprint density at radius 2 is 1.90 bits per heavy atom. The van der Waals surface area contributed by atoms with Gasteiger partial charge >= 0.3 is 0 Å². The number of nitrogens with one attached hydrogen (secondary N) is 2. The number of halogens is 1. The molecule has 0 radical (unpaired) electrons. The predicted molar refractivity (Wildman–Crippen MR) is 75.9 cm³/mol. The van der Waals surface area contributed by atoms with Crippen LogP contribution in [-0.2, 0) is 11.2 Å². The highest BCUT2D eigenvalue weighted by molar-refractivity contribution is 5.95. The zero-order valence-electron chi connectivity index (χ0n) is 10.9. The molecule has 1 unspecified atom stereocenters. The lowest BCUT2D eigenvalue weighted by Gasteiger charge is -2.26. The lowest BCUT2D eigenvalue weighted by Crippen LogP contribution is -2.38. The van der Waals surface area contributed by atoms with Crippen LogP contribution in [0.1, 0.15) is 17.2 Å². The van der Waals surface area contributed by atoms with Gasteiger partial charge in [-0.15, -0.1) is 0 Å². The molecule has 20 heavy (non-hydrogen) atoms. The quantitative estimate of drug-likeness (QED) is 0.881. The molecule has 0 aromatic heterocycles. The van der Waals surface area contributed by atoms with Crippen molar-refractivity contribution in [1.82, 2.24) is 5.32 Å². The first-order chi connectivity index (χ1) is 9.74. The maximum absolute atomic E-state index is 12.9. The molecule has 1 aliphatic rings. The average Bonchev–Trinajstić information content (AvgIpc) is 2.49. The highest BCUT2D eigenvalue weighted by atomic mass is 19.1. The molecule has 0 bridgehead atoms. The number of hydrogen-bond acceptors (Lipinski definition) is 2. The summed E-state index contributed by atoms with van der Waals surface area (Å²) in [6.07, 6.45) is 0.927. The standard InChI is InChI=1S/C16H15FN2O/c17-12-5-7-13(8-6-12)19-16(20)15-14-4-2-1-3-11(14)9-10-18-15/h1-8,15,18H,9-10H2,(H,19,20). The number of rotatable bonds is 2. The normalized spacial score (nSPS) is 17.4. The molecular weight excluding hydrogens is 255 g/mol. The molecule has 1 amide bonds. The number of amides is 1. The van der Waals surface area contributed by atoms with Crippen LogP contribution in [-0.4, -0.2) is 12.5 Å². The highest BCUT2D eigenvalue weighted by Gasteiger charge is 2.25. The van der Waals surface area contributed by atoms with E-state index in [2.05, 4.69) is 10.6 Å². The van der Waals surface area contributed by atoms with Crippen molar-refractivity contribution in [2.75, 3.05) is 11.9 Å². The molecule has 102 valence electrons. The van der Waals surface area contributed by atoms with E-state index in [0.29, 0.717) is 5.69 Å². The molecule has 3 rings (SSSR count). The summed E-state index contributed by atoms with van der Waals surface area (Å²) in [7, 11) is 0. The van der Waals surface area contributed by atoms with Gasteiger partial charge in [0.15, 0.2) is 0 Å². The minimum absolute atomic E-state index is 0.122.